The number of thiazole rings is 1. The van der Waals surface area contributed by atoms with E-state index >= 15 is 0 Å². The Morgan fingerprint density at radius 2 is 1.97 bits per heavy atom. The Labute approximate surface area is 197 Å². The molecule has 32 heavy (non-hydrogen) atoms. The molecule has 1 fully saturated rings. The van der Waals surface area contributed by atoms with E-state index in [1.165, 1.54) is 16.2 Å². The van der Waals surface area contributed by atoms with Gasteiger partial charge in [0.25, 0.3) is 5.91 Å². The third kappa shape index (κ3) is 5.19. The van der Waals surface area contributed by atoms with Gasteiger partial charge in [0.15, 0.2) is 5.78 Å². The molecule has 8 heteroatoms. The lowest BCUT2D eigenvalue weighted by molar-refractivity contribution is 0.0860. The van der Waals surface area contributed by atoms with Crippen molar-refractivity contribution in [3.63, 3.8) is 0 Å². The maximum absolute atomic E-state index is 13.1. The predicted molar refractivity (Wildman–Crippen MR) is 130 cm³/mol. The number of rotatable bonds is 8. The third-order valence-corrected chi connectivity index (χ3v) is 8.14. The molecule has 4 heterocycles. The number of Topliss-reactive ketones (excluding diaryl/α,β-unsaturated/α-hetero) is 1. The summed E-state index contributed by atoms with van der Waals surface area (Å²) in [7, 11) is 0. The van der Waals surface area contributed by atoms with Crippen molar-refractivity contribution < 1.29 is 9.59 Å². The topological polar surface area (TPSA) is 67.2 Å². The number of ketones is 1. The van der Waals surface area contributed by atoms with Crippen LogP contribution in [0.2, 0.25) is 0 Å². The average molecular weight is 471 g/mol. The summed E-state index contributed by atoms with van der Waals surface area (Å²) in [6.45, 7) is 8.96. The monoisotopic (exact) mass is 470 g/mol. The first kappa shape index (κ1) is 22.9. The first-order valence-electron chi connectivity index (χ1n) is 11.1. The second-order valence-corrected chi connectivity index (χ2v) is 10.4. The van der Waals surface area contributed by atoms with Gasteiger partial charge in [-0.1, -0.05) is 6.07 Å². The summed E-state index contributed by atoms with van der Waals surface area (Å²) in [6, 6.07) is 6.43. The Hall–Kier alpha value is -2.29. The molecule has 1 aliphatic heterocycles. The van der Waals surface area contributed by atoms with Crippen LogP contribution in [0.1, 0.15) is 54.8 Å². The van der Waals surface area contributed by atoms with Crippen LogP contribution in [-0.4, -0.2) is 51.8 Å². The SMILES string of the molecule is Cc1ncsc1C(=O)NC1CCN(CC(=O)c2cc(C)n(CCc3cccs3)c2C)CC1. The van der Waals surface area contributed by atoms with E-state index in [1.54, 1.807) is 16.8 Å². The van der Waals surface area contributed by atoms with E-state index in [0.29, 0.717) is 11.4 Å². The number of nitrogens with one attached hydrogen (secondary N) is 1. The van der Waals surface area contributed by atoms with Crippen molar-refractivity contribution >= 4 is 34.4 Å². The fourth-order valence-electron chi connectivity index (χ4n) is 4.40. The van der Waals surface area contributed by atoms with Crippen LogP contribution < -0.4 is 5.32 Å². The molecule has 0 saturated carbocycles. The van der Waals surface area contributed by atoms with Gasteiger partial charge >= 0.3 is 0 Å². The van der Waals surface area contributed by atoms with Gasteiger partial charge in [-0.2, -0.15) is 0 Å². The molecule has 6 nitrogen and oxygen atoms in total. The Kier molecular flexibility index (Phi) is 7.23. The molecule has 1 amide bonds. The summed E-state index contributed by atoms with van der Waals surface area (Å²) in [5.41, 5.74) is 5.53. The number of hydrogen-bond donors (Lipinski definition) is 1. The highest BCUT2D eigenvalue weighted by atomic mass is 32.1. The summed E-state index contributed by atoms with van der Waals surface area (Å²) >= 11 is 3.16. The lowest BCUT2D eigenvalue weighted by Gasteiger charge is -2.31. The first-order chi connectivity index (χ1) is 15.4. The number of aryl methyl sites for hydroxylation is 3. The van der Waals surface area contributed by atoms with Crippen LogP contribution in [0.3, 0.4) is 0 Å². The molecule has 0 spiro atoms. The molecule has 3 aromatic rings. The van der Waals surface area contributed by atoms with E-state index in [-0.39, 0.29) is 17.7 Å². The number of likely N-dealkylation sites (tertiary alicyclic amines) is 1. The van der Waals surface area contributed by atoms with Crippen LogP contribution in [0.4, 0.5) is 0 Å². The zero-order valence-corrected chi connectivity index (χ0v) is 20.5. The lowest BCUT2D eigenvalue weighted by Crippen LogP contribution is -2.45. The molecule has 1 aliphatic rings. The second-order valence-electron chi connectivity index (χ2n) is 8.48. The van der Waals surface area contributed by atoms with Crippen molar-refractivity contribution in [2.75, 3.05) is 19.6 Å². The van der Waals surface area contributed by atoms with Gasteiger partial charge in [-0.05, 0) is 57.5 Å². The quantitative estimate of drug-likeness (QED) is 0.500. The van der Waals surface area contributed by atoms with Crippen molar-refractivity contribution in [2.24, 2.45) is 0 Å². The fourth-order valence-corrected chi connectivity index (χ4v) is 5.80. The molecule has 0 aromatic carbocycles. The molecule has 1 saturated heterocycles. The van der Waals surface area contributed by atoms with E-state index in [2.05, 4.69) is 51.1 Å². The zero-order valence-electron chi connectivity index (χ0n) is 18.9. The molecule has 0 aliphatic carbocycles. The fraction of sp³-hybridized carbons (Fsp3) is 0.458. The number of aromatic nitrogens is 2. The van der Waals surface area contributed by atoms with Crippen LogP contribution in [0.25, 0.3) is 0 Å². The Balaban J connectivity index is 1.29. The molecule has 0 radical (unpaired) electrons. The van der Waals surface area contributed by atoms with Crippen molar-refractivity contribution in [2.45, 2.75) is 52.6 Å². The van der Waals surface area contributed by atoms with Crippen molar-refractivity contribution in [1.82, 2.24) is 19.8 Å². The van der Waals surface area contributed by atoms with Crippen LogP contribution in [0.15, 0.2) is 29.1 Å². The van der Waals surface area contributed by atoms with Gasteiger partial charge in [0.2, 0.25) is 0 Å². The smallest absolute Gasteiger partial charge is 0.263 e. The standard InChI is InChI=1S/C24H30N4O2S2/c1-16-13-21(18(3)28(16)11-8-20-5-4-12-31-20)22(29)14-27-9-6-19(7-10-27)26-24(30)23-17(2)25-15-32-23/h4-5,12-13,15,19H,6-11,14H2,1-3H3,(H,26,30). The Morgan fingerprint density at radius 1 is 1.19 bits per heavy atom. The molecule has 4 rings (SSSR count). The average Bonchev–Trinajstić information content (AvgIpc) is 3.50. The van der Waals surface area contributed by atoms with Crippen molar-refractivity contribution in [1.29, 1.82) is 0 Å². The van der Waals surface area contributed by atoms with Gasteiger partial charge < -0.3 is 9.88 Å². The van der Waals surface area contributed by atoms with E-state index in [9.17, 15) is 9.59 Å². The summed E-state index contributed by atoms with van der Waals surface area (Å²) in [5.74, 6) is 0.151. The minimum absolute atomic E-state index is 0.0329. The largest absolute Gasteiger partial charge is 0.348 e. The lowest BCUT2D eigenvalue weighted by atomic mass is 10.0. The normalized spacial score (nSPS) is 15.2. The zero-order chi connectivity index (χ0) is 22.7. The van der Waals surface area contributed by atoms with Gasteiger partial charge in [0, 0.05) is 47.5 Å². The van der Waals surface area contributed by atoms with Crippen molar-refractivity contribution in [3.05, 3.63) is 61.5 Å². The van der Waals surface area contributed by atoms with Gasteiger partial charge in [0.1, 0.15) is 4.88 Å². The second kappa shape index (κ2) is 10.1. The molecule has 1 N–H and O–H groups in total. The molecule has 0 atom stereocenters. The summed E-state index contributed by atoms with van der Waals surface area (Å²) in [6.07, 6.45) is 2.70. The number of piperidine rings is 1. The maximum Gasteiger partial charge on any atom is 0.263 e. The minimum atomic E-state index is -0.0329. The summed E-state index contributed by atoms with van der Waals surface area (Å²) in [5, 5.41) is 5.24. The minimum Gasteiger partial charge on any atom is -0.348 e. The van der Waals surface area contributed by atoms with Crippen LogP contribution in [-0.2, 0) is 13.0 Å². The summed E-state index contributed by atoms with van der Waals surface area (Å²) < 4.78 is 2.26. The number of thiophene rings is 1. The molecule has 3 aromatic heterocycles. The maximum atomic E-state index is 13.1. The van der Waals surface area contributed by atoms with Gasteiger partial charge in [-0.25, -0.2) is 4.98 Å². The van der Waals surface area contributed by atoms with Crippen LogP contribution in [0.5, 0.6) is 0 Å². The molecule has 170 valence electrons. The number of nitrogens with zero attached hydrogens (tertiary/aromatic N) is 3. The van der Waals surface area contributed by atoms with E-state index < -0.39 is 0 Å². The van der Waals surface area contributed by atoms with Gasteiger partial charge in [0.05, 0.1) is 17.7 Å². The number of carbonyl (C=O) groups excluding carboxylic acids is 2. The molecular weight excluding hydrogens is 440 g/mol. The highest BCUT2D eigenvalue weighted by Crippen LogP contribution is 2.20. The van der Waals surface area contributed by atoms with Crippen LogP contribution in [0, 0.1) is 20.8 Å². The predicted octanol–water partition coefficient (Wildman–Crippen LogP) is 4.25. The highest BCUT2D eigenvalue weighted by Gasteiger charge is 2.25. The first-order valence-corrected chi connectivity index (χ1v) is 12.8. The summed E-state index contributed by atoms with van der Waals surface area (Å²) in [4.78, 5) is 33.9. The van der Waals surface area contributed by atoms with Crippen LogP contribution >= 0.6 is 22.7 Å². The third-order valence-electron chi connectivity index (χ3n) is 6.28. The van der Waals surface area contributed by atoms with Gasteiger partial charge in [-0.15, -0.1) is 22.7 Å². The highest BCUT2D eigenvalue weighted by molar-refractivity contribution is 7.11. The van der Waals surface area contributed by atoms with Gasteiger partial charge in [-0.3, -0.25) is 14.5 Å². The van der Waals surface area contributed by atoms with E-state index in [4.69, 9.17) is 0 Å². The number of carbonyl (C=O) groups is 2. The number of amides is 1. The molecule has 0 bridgehead atoms. The number of hydrogen-bond acceptors (Lipinski definition) is 6. The Morgan fingerprint density at radius 3 is 2.62 bits per heavy atom. The van der Waals surface area contributed by atoms with E-state index in [0.717, 1.165) is 61.5 Å². The van der Waals surface area contributed by atoms with E-state index in [1.807, 2.05) is 13.0 Å². The molecular formula is C24H30N4O2S2. The van der Waals surface area contributed by atoms with Crippen molar-refractivity contribution in [3.8, 4) is 0 Å². The Bertz CT molecular complexity index is 1080. The molecule has 0 unspecified atom stereocenters.